The molecule has 1 amide bonds. The molecule has 0 aromatic heterocycles. The van der Waals surface area contributed by atoms with Gasteiger partial charge in [-0.15, -0.1) is 0 Å². The third-order valence-electron chi connectivity index (χ3n) is 4.79. The maximum Gasteiger partial charge on any atom is 0.253 e. The Balaban J connectivity index is 2.43. The Bertz CT molecular complexity index is 807. The van der Waals surface area contributed by atoms with E-state index >= 15 is 0 Å². The molecule has 1 heterocycles. The lowest BCUT2D eigenvalue weighted by Crippen LogP contribution is -2.32. The van der Waals surface area contributed by atoms with Gasteiger partial charge in [0.05, 0.1) is 22.4 Å². The van der Waals surface area contributed by atoms with Crippen LogP contribution in [-0.4, -0.2) is 51.4 Å². The molecule has 7 nitrogen and oxygen atoms in total. The molecule has 1 aromatic carbocycles. The third-order valence-corrected chi connectivity index (χ3v) is 6.84. The van der Waals surface area contributed by atoms with Crippen LogP contribution in [0.5, 0.6) is 0 Å². The van der Waals surface area contributed by atoms with Gasteiger partial charge >= 0.3 is 0 Å². The number of nitriles is 1. The molecule has 1 aliphatic heterocycles. The van der Waals surface area contributed by atoms with E-state index in [2.05, 4.69) is 16.3 Å². The first-order valence-electron chi connectivity index (χ1n) is 9.42. The number of anilines is 1. The van der Waals surface area contributed by atoms with E-state index < -0.39 is 10.0 Å². The second kappa shape index (κ2) is 9.20. The summed E-state index contributed by atoms with van der Waals surface area (Å²) in [6.07, 6.45) is 2.10. The summed E-state index contributed by atoms with van der Waals surface area (Å²) >= 11 is 0. The standard InChI is InChI=1S/C19H28N4O3S/c1-4-23(5-2)27(25,26)16-8-9-18(22-10-6-7-11-22)17(12-16)19(24)21-14-15(3)13-20/h8-9,12,15H,4-7,10-11,14H2,1-3H3,(H,21,24). The van der Waals surface area contributed by atoms with Crippen LogP contribution < -0.4 is 10.2 Å². The molecule has 1 aromatic rings. The van der Waals surface area contributed by atoms with Gasteiger partial charge in [-0.05, 0) is 38.0 Å². The van der Waals surface area contributed by atoms with Crippen molar-refractivity contribution < 1.29 is 13.2 Å². The van der Waals surface area contributed by atoms with Crippen molar-refractivity contribution in [3.05, 3.63) is 23.8 Å². The summed E-state index contributed by atoms with van der Waals surface area (Å²) in [5.41, 5.74) is 1.09. The van der Waals surface area contributed by atoms with Gasteiger partial charge in [0.1, 0.15) is 0 Å². The number of hydrogen-bond donors (Lipinski definition) is 1. The molecule has 148 valence electrons. The van der Waals surface area contributed by atoms with Crippen molar-refractivity contribution in [2.75, 3.05) is 37.6 Å². The highest BCUT2D eigenvalue weighted by Crippen LogP contribution is 2.28. The predicted molar refractivity (Wildman–Crippen MR) is 105 cm³/mol. The van der Waals surface area contributed by atoms with Crippen LogP contribution >= 0.6 is 0 Å². The van der Waals surface area contributed by atoms with Crippen molar-refractivity contribution in [2.45, 2.75) is 38.5 Å². The summed E-state index contributed by atoms with van der Waals surface area (Å²) in [5.74, 6) is -0.664. The minimum atomic E-state index is -3.65. The molecule has 1 aliphatic rings. The Hall–Kier alpha value is -2.11. The van der Waals surface area contributed by atoms with Crippen molar-refractivity contribution in [2.24, 2.45) is 5.92 Å². The van der Waals surface area contributed by atoms with E-state index in [9.17, 15) is 13.2 Å². The lowest BCUT2D eigenvalue weighted by atomic mass is 10.1. The molecule has 27 heavy (non-hydrogen) atoms. The number of nitrogens with zero attached hydrogens (tertiary/aromatic N) is 3. The smallest absolute Gasteiger partial charge is 0.253 e. The van der Waals surface area contributed by atoms with Gasteiger partial charge in [0.2, 0.25) is 10.0 Å². The van der Waals surface area contributed by atoms with Gasteiger partial charge in [-0.25, -0.2) is 8.42 Å². The number of benzene rings is 1. The average Bonchev–Trinajstić information content (AvgIpc) is 3.20. The van der Waals surface area contributed by atoms with E-state index in [0.29, 0.717) is 18.7 Å². The van der Waals surface area contributed by atoms with Crippen molar-refractivity contribution in [3.8, 4) is 6.07 Å². The highest BCUT2D eigenvalue weighted by molar-refractivity contribution is 7.89. The zero-order valence-electron chi connectivity index (χ0n) is 16.2. The molecular formula is C19H28N4O3S. The summed E-state index contributed by atoms with van der Waals surface area (Å²) in [4.78, 5) is 15.0. The number of sulfonamides is 1. The topological polar surface area (TPSA) is 93.5 Å². The Kier molecular flexibility index (Phi) is 7.22. The van der Waals surface area contributed by atoms with Gasteiger partial charge in [0, 0.05) is 38.4 Å². The van der Waals surface area contributed by atoms with Gasteiger partial charge < -0.3 is 10.2 Å². The van der Waals surface area contributed by atoms with Crippen molar-refractivity contribution in [3.63, 3.8) is 0 Å². The first-order valence-corrected chi connectivity index (χ1v) is 10.9. The number of hydrogen-bond acceptors (Lipinski definition) is 5. The van der Waals surface area contributed by atoms with Crippen molar-refractivity contribution in [1.29, 1.82) is 5.26 Å². The molecule has 1 N–H and O–H groups in total. The quantitative estimate of drug-likeness (QED) is 0.732. The minimum Gasteiger partial charge on any atom is -0.371 e. The van der Waals surface area contributed by atoms with Crippen LogP contribution in [0, 0.1) is 17.2 Å². The SMILES string of the molecule is CCN(CC)S(=O)(=O)c1ccc(N2CCCC2)c(C(=O)NCC(C)C#N)c1. The summed E-state index contributed by atoms with van der Waals surface area (Å²) in [5, 5.41) is 11.7. The van der Waals surface area contributed by atoms with E-state index in [-0.39, 0.29) is 23.3 Å². The molecule has 0 aliphatic carbocycles. The molecule has 0 spiro atoms. The van der Waals surface area contributed by atoms with Crippen LogP contribution in [0.2, 0.25) is 0 Å². The first kappa shape index (κ1) is 21.2. The maximum absolute atomic E-state index is 12.9. The van der Waals surface area contributed by atoms with E-state index in [1.54, 1.807) is 32.9 Å². The lowest BCUT2D eigenvalue weighted by Gasteiger charge is -2.23. The largest absolute Gasteiger partial charge is 0.371 e. The highest BCUT2D eigenvalue weighted by Gasteiger charge is 2.26. The molecular weight excluding hydrogens is 364 g/mol. The Morgan fingerprint density at radius 2 is 1.93 bits per heavy atom. The molecule has 1 atom stereocenters. The summed E-state index contributed by atoms with van der Waals surface area (Å²) in [7, 11) is -3.65. The van der Waals surface area contributed by atoms with Crippen LogP contribution in [-0.2, 0) is 10.0 Å². The fourth-order valence-electron chi connectivity index (χ4n) is 3.19. The maximum atomic E-state index is 12.9. The summed E-state index contributed by atoms with van der Waals surface area (Å²) < 4.78 is 27.1. The molecule has 1 unspecified atom stereocenters. The fourth-order valence-corrected chi connectivity index (χ4v) is 4.68. The normalized spacial score (nSPS) is 15.6. The predicted octanol–water partition coefficient (Wildman–Crippen LogP) is 2.21. The van der Waals surface area contributed by atoms with Gasteiger partial charge in [-0.1, -0.05) is 13.8 Å². The molecule has 1 fully saturated rings. The second-order valence-electron chi connectivity index (χ2n) is 6.70. The molecule has 8 heteroatoms. The Labute approximate surface area is 162 Å². The van der Waals surface area contributed by atoms with Crippen LogP contribution in [0.15, 0.2) is 23.1 Å². The molecule has 0 bridgehead atoms. The number of carbonyl (C=O) groups excluding carboxylic acids is 1. The first-order chi connectivity index (χ1) is 12.8. The van der Waals surface area contributed by atoms with Gasteiger partial charge in [-0.3, -0.25) is 4.79 Å². The zero-order valence-corrected chi connectivity index (χ0v) is 17.1. The Morgan fingerprint density at radius 1 is 1.30 bits per heavy atom. The van der Waals surface area contributed by atoms with Gasteiger partial charge in [-0.2, -0.15) is 9.57 Å². The lowest BCUT2D eigenvalue weighted by molar-refractivity contribution is 0.0951. The Morgan fingerprint density at radius 3 is 2.48 bits per heavy atom. The number of rotatable bonds is 8. The monoisotopic (exact) mass is 392 g/mol. The molecule has 0 radical (unpaired) electrons. The van der Waals surface area contributed by atoms with Crippen molar-refractivity contribution in [1.82, 2.24) is 9.62 Å². The summed E-state index contributed by atoms with van der Waals surface area (Å²) in [6.45, 7) is 7.95. The highest BCUT2D eigenvalue weighted by atomic mass is 32.2. The third kappa shape index (κ3) is 4.79. The molecule has 0 saturated carbocycles. The summed E-state index contributed by atoms with van der Waals surface area (Å²) in [6, 6.07) is 6.85. The molecule has 1 saturated heterocycles. The minimum absolute atomic E-state index is 0.118. The average molecular weight is 393 g/mol. The van der Waals surface area contributed by atoms with Crippen LogP contribution in [0.25, 0.3) is 0 Å². The fraction of sp³-hybridized carbons (Fsp3) is 0.579. The number of carbonyl (C=O) groups is 1. The van der Waals surface area contributed by atoms with Crippen molar-refractivity contribution >= 4 is 21.6 Å². The number of amides is 1. The van der Waals surface area contributed by atoms with E-state index in [1.165, 1.54) is 10.4 Å². The number of nitrogens with one attached hydrogen (secondary N) is 1. The van der Waals surface area contributed by atoms with Gasteiger partial charge in [0.15, 0.2) is 0 Å². The van der Waals surface area contributed by atoms with Crippen LogP contribution in [0.3, 0.4) is 0 Å². The van der Waals surface area contributed by atoms with E-state index in [4.69, 9.17) is 5.26 Å². The van der Waals surface area contributed by atoms with E-state index in [1.807, 2.05) is 0 Å². The van der Waals surface area contributed by atoms with E-state index in [0.717, 1.165) is 31.6 Å². The second-order valence-corrected chi connectivity index (χ2v) is 8.64. The van der Waals surface area contributed by atoms with Gasteiger partial charge in [0.25, 0.3) is 5.91 Å². The van der Waals surface area contributed by atoms with Crippen LogP contribution in [0.1, 0.15) is 44.0 Å². The molecule has 2 rings (SSSR count). The van der Waals surface area contributed by atoms with Crippen LogP contribution in [0.4, 0.5) is 5.69 Å². The zero-order chi connectivity index (χ0) is 20.0.